The number of hydrogen-bond acceptors (Lipinski definition) is 3. The number of aliphatic hydroxyl groups is 1. The average Bonchev–Trinajstić information content (AvgIpc) is 2.40. The molecule has 1 aliphatic rings. The van der Waals surface area contributed by atoms with Crippen molar-refractivity contribution >= 4 is 11.6 Å². The molecule has 0 unspecified atom stereocenters. The maximum Gasteiger partial charge on any atom is 0.253 e. The Labute approximate surface area is 120 Å². The van der Waals surface area contributed by atoms with Crippen molar-refractivity contribution in [1.29, 1.82) is 0 Å². The Morgan fingerprint density at radius 2 is 2.10 bits per heavy atom. The molecule has 0 atom stereocenters. The molecule has 0 aliphatic heterocycles. The number of aryl methyl sites for hydroxylation is 1. The summed E-state index contributed by atoms with van der Waals surface area (Å²) in [6.45, 7) is 4.36. The summed E-state index contributed by atoms with van der Waals surface area (Å²) in [4.78, 5) is 12.2. The van der Waals surface area contributed by atoms with Crippen LogP contribution in [0, 0.1) is 12.8 Å². The van der Waals surface area contributed by atoms with Gasteiger partial charge in [0, 0.05) is 12.2 Å². The van der Waals surface area contributed by atoms with Gasteiger partial charge in [-0.25, -0.2) is 0 Å². The summed E-state index contributed by atoms with van der Waals surface area (Å²) < 4.78 is 0. The van der Waals surface area contributed by atoms with E-state index in [4.69, 9.17) is 5.73 Å². The fourth-order valence-corrected chi connectivity index (χ4v) is 2.81. The van der Waals surface area contributed by atoms with Crippen molar-refractivity contribution in [3.8, 4) is 0 Å². The zero-order chi connectivity index (χ0) is 14.8. The van der Waals surface area contributed by atoms with Gasteiger partial charge in [0.25, 0.3) is 5.91 Å². The lowest BCUT2D eigenvalue weighted by Crippen LogP contribution is -2.45. The Hall–Kier alpha value is -1.55. The van der Waals surface area contributed by atoms with Crippen LogP contribution in [0.1, 0.15) is 48.5 Å². The van der Waals surface area contributed by atoms with Gasteiger partial charge in [-0.2, -0.15) is 0 Å². The molecule has 2 rings (SSSR count). The largest absolute Gasteiger partial charge is 0.398 e. The van der Waals surface area contributed by atoms with Crippen molar-refractivity contribution in [2.45, 2.75) is 45.1 Å². The number of carbonyl (C=O) groups is 1. The number of nitrogens with two attached hydrogens (primary N) is 1. The Kier molecular flexibility index (Phi) is 4.33. The van der Waals surface area contributed by atoms with E-state index in [0.717, 1.165) is 31.2 Å². The number of hydrogen-bond donors (Lipinski definition) is 3. The topological polar surface area (TPSA) is 75.4 Å². The molecule has 0 aromatic heterocycles. The number of nitrogens with one attached hydrogen (secondary N) is 1. The third-order valence-electron chi connectivity index (χ3n) is 4.32. The normalized spacial score (nSPS) is 26.2. The first kappa shape index (κ1) is 14.9. The third kappa shape index (κ3) is 3.31. The van der Waals surface area contributed by atoms with E-state index in [9.17, 15) is 9.90 Å². The molecule has 1 aliphatic carbocycles. The smallest absolute Gasteiger partial charge is 0.253 e. The molecule has 1 saturated carbocycles. The van der Waals surface area contributed by atoms with Crippen LogP contribution >= 0.6 is 0 Å². The van der Waals surface area contributed by atoms with Crippen LogP contribution < -0.4 is 11.1 Å². The second-order valence-corrected chi connectivity index (χ2v) is 6.13. The van der Waals surface area contributed by atoms with Crippen molar-refractivity contribution in [3.05, 3.63) is 29.3 Å². The van der Waals surface area contributed by atoms with Crippen molar-refractivity contribution in [1.82, 2.24) is 5.32 Å². The summed E-state index contributed by atoms with van der Waals surface area (Å²) in [5, 5.41) is 13.3. The standard InChI is InChI=1S/C16H24N2O2/c1-11-6-8-16(20,9-7-11)10-18-15(19)14-12(2)4-3-5-13(14)17/h3-5,11,20H,6-10,17H2,1-2H3,(H,18,19). The average molecular weight is 276 g/mol. The predicted molar refractivity (Wildman–Crippen MR) is 80.5 cm³/mol. The molecular formula is C16H24N2O2. The van der Waals surface area contributed by atoms with Gasteiger partial charge in [-0.3, -0.25) is 4.79 Å². The summed E-state index contributed by atoms with van der Waals surface area (Å²) in [6.07, 6.45) is 3.52. The van der Waals surface area contributed by atoms with Crippen LogP contribution in [-0.2, 0) is 0 Å². The molecule has 0 bridgehead atoms. The molecule has 1 fully saturated rings. The Balaban J connectivity index is 1.99. The molecule has 0 heterocycles. The minimum Gasteiger partial charge on any atom is -0.398 e. The van der Waals surface area contributed by atoms with Crippen LogP contribution in [0.15, 0.2) is 18.2 Å². The molecule has 1 aromatic carbocycles. The fourth-order valence-electron chi connectivity index (χ4n) is 2.81. The molecule has 0 saturated heterocycles. The quantitative estimate of drug-likeness (QED) is 0.741. The van der Waals surface area contributed by atoms with Gasteiger partial charge in [0.05, 0.1) is 11.2 Å². The summed E-state index contributed by atoms with van der Waals surface area (Å²) in [6, 6.07) is 5.42. The highest BCUT2D eigenvalue weighted by Gasteiger charge is 2.32. The Morgan fingerprint density at radius 3 is 2.70 bits per heavy atom. The van der Waals surface area contributed by atoms with Crippen LogP contribution in [0.3, 0.4) is 0 Å². The molecule has 20 heavy (non-hydrogen) atoms. The predicted octanol–water partition coefficient (Wildman–Crippen LogP) is 2.25. The van der Waals surface area contributed by atoms with E-state index in [1.54, 1.807) is 6.07 Å². The second-order valence-electron chi connectivity index (χ2n) is 6.13. The summed E-state index contributed by atoms with van der Waals surface area (Å²) in [7, 11) is 0. The maximum atomic E-state index is 12.2. The van der Waals surface area contributed by atoms with Crippen molar-refractivity contribution < 1.29 is 9.90 Å². The zero-order valence-corrected chi connectivity index (χ0v) is 12.3. The molecule has 0 spiro atoms. The first-order valence-electron chi connectivity index (χ1n) is 7.27. The molecule has 4 nitrogen and oxygen atoms in total. The molecule has 4 heteroatoms. The monoisotopic (exact) mass is 276 g/mol. The van der Waals surface area contributed by atoms with Gasteiger partial charge in [-0.15, -0.1) is 0 Å². The lowest BCUT2D eigenvalue weighted by atomic mass is 9.79. The SMILES string of the molecule is Cc1cccc(N)c1C(=O)NCC1(O)CCC(C)CC1. The van der Waals surface area contributed by atoms with Crippen molar-refractivity contribution in [3.63, 3.8) is 0 Å². The lowest BCUT2D eigenvalue weighted by Gasteiger charge is -2.35. The van der Waals surface area contributed by atoms with Gasteiger partial charge in [-0.05, 0) is 50.2 Å². The number of anilines is 1. The molecule has 4 N–H and O–H groups in total. The van der Waals surface area contributed by atoms with Crippen LogP contribution in [-0.4, -0.2) is 23.2 Å². The van der Waals surface area contributed by atoms with Gasteiger partial charge in [0.15, 0.2) is 0 Å². The molecule has 110 valence electrons. The zero-order valence-electron chi connectivity index (χ0n) is 12.3. The van der Waals surface area contributed by atoms with Crippen LogP contribution in [0.25, 0.3) is 0 Å². The highest BCUT2D eigenvalue weighted by atomic mass is 16.3. The number of amides is 1. The van der Waals surface area contributed by atoms with E-state index in [1.165, 1.54) is 0 Å². The number of rotatable bonds is 3. The Morgan fingerprint density at radius 1 is 1.45 bits per heavy atom. The Bertz CT molecular complexity index is 471. The maximum absolute atomic E-state index is 12.2. The first-order valence-corrected chi connectivity index (χ1v) is 7.27. The van der Waals surface area contributed by atoms with E-state index in [0.29, 0.717) is 23.7 Å². The van der Waals surface area contributed by atoms with E-state index in [1.807, 2.05) is 19.1 Å². The number of benzene rings is 1. The lowest BCUT2D eigenvalue weighted by molar-refractivity contribution is -0.00540. The summed E-state index contributed by atoms with van der Waals surface area (Å²) in [5.74, 6) is 0.464. The molecule has 0 radical (unpaired) electrons. The highest BCUT2D eigenvalue weighted by Crippen LogP contribution is 2.31. The minimum absolute atomic E-state index is 0.201. The van der Waals surface area contributed by atoms with Crippen molar-refractivity contribution in [2.75, 3.05) is 12.3 Å². The van der Waals surface area contributed by atoms with Gasteiger partial charge in [0.1, 0.15) is 0 Å². The van der Waals surface area contributed by atoms with E-state index >= 15 is 0 Å². The van der Waals surface area contributed by atoms with E-state index in [-0.39, 0.29) is 5.91 Å². The number of carbonyl (C=O) groups excluding carboxylic acids is 1. The van der Waals surface area contributed by atoms with Crippen LogP contribution in [0.4, 0.5) is 5.69 Å². The number of nitrogen functional groups attached to an aromatic ring is 1. The van der Waals surface area contributed by atoms with Gasteiger partial charge in [-0.1, -0.05) is 19.1 Å². The van der Waals surface area contributed by atoms with Gasteiger partial charge >= 0.3 is 0 Å². The van der Waals surface area contributed by atoms with E-state index in [2.05, 4.69) is 12.2 Å². The molecule has 1 amide bonds. The summed E-state index contributed by atoms with van der Waals surface area (Å²) in [5.41, 5.74) is 6.94. The van der Waals surface area contributed by atoms with E-state index < -0.39 is 5.60 Å². The minimum atomic E-state index is -0.764. The van der Waals surface area contributed by atoms with Crippen LogP contribution in [0.5, 0.6) is 0 Å². The van der Waals surface area contributed by atoms with Gasteiger partial charge in [0.2, 0.25) is 0 Å². The molecule has 1 aromatic rings. The summed E-state index contributed by atoms with van der Waals surface area (Å²) >= 11 is 0. The van der Waals surface area contributed by atoms with Gasteiger partial charge < -0.3 is 16.2 Å². The first-order chi connectivity index (χ1) is 9.41. The third-order valence-corrected chi connectivity index (χ3v) is 4.32. The molecular weight excluding hydrogens is 252 g/mol. The highest BCUT2D eigenvalue weighted by molar-refractivity contribution is 6.00. The second kappa shape index (κ2) is 5.83. The van der Waals surface area contributed by atoms with Crippen molar-refractivity contribution in [2.24, 2.45) is 5.92 Å². The fraction of sp³-hybridized carbons (Fsp3) is 0.562. The van der Waals surface area contributed by atoms with Crippen LogP contribution in [0.2, 0.25) is 0 Å².